The summed E-state index contributed by atoms with van der Waals surface area (Å²) in [7, 11) is 1.69. The molecule has 1 aliphatic carbocycles. The quantitative estimate of drug-likeness (QED) is 0.207. The van der Waals surface area contributed by atoms with Crippen LogP contribution in [0.5, 0.6) is 5.75 Å². The monoisotopic (exact) mass is 510 g/mol. The van der Waals surface area contributed by atoms with Crippen LogP contribution in [0.15, 0.2) is 146 Å². The fraction of sp³-hybridized carbons (Fsp3) is 0.0556. The van der Waals surface area contributed by atoms with Gasteiger partial charge in [-0.05, 0) is 62.2 Å². The average Bonchev–Trinajstić information content (AvgIpc) is 3.29. The van der Waals surface area contributed by atoms with Crippen molar-refractivity contribution >= 4 is 33.9 Å². The lowest BCUT2D eigenvalue weighted by molar-refractivity contribution is 0.414. The van der Waals surface area contributed by atoms with Gasteiger partial charge in [-0.2, -0.15) is 0 Å². The predicted molar refractivity (Wildman–Crippen MR) is 160 cm³/mol. The van der Waals surface area contributed by atoms with Crippen molar-refractivity contribution in [2.45, 2.75) is 4.87 Å². The van der Waals surface area contributed by atoms with E-state index in [0.29, 0.717) is 0 Å². The summed E-state index contributed by atoms with van der Waals surface area (Å²) in [5.41, 5.74) is 9.90. The fourth-order valence-electron chi connectivity index (χ4n) is 5.51. The summed E-state index contributed by atoms with van der Waals surface area (Å²) in [4.78, 5) is -0.953. The number of hydrogen-bond donors (Lipinski definition) is 0. The van der Waals surface area contributed by atoms with E-state index in [9.17, 15) is 0 Å². The van der Waals surface area contributed by atoms with Gasteiger partial charge in [-0.25, -0.2) is 0 Å². The van der Waals surface area contributed by atoms with E-state index in [0.717, 1.165) is 55.9 Å². The summed E-state index contributed by atoms with van der Waals surface area (Å²) in [5, 5.41) is 0. The molecule has 0 heterocycles. The highest BCUT2D eigenvalue weighted by Gasteiger charge is 2.48. The molecule has 1 nitrogen and oxygen atoms in total. The lowest BCUT2D eigenvalue weighted by Gasteiger charge is -2.31. The highest BCUT2D eigenvalue weighted by Crippen LogP contribution is 2.64. The first-order valence-corrected chi connectivity index (χ1v) is 13.1. The molecule has 0 atom stereocenters. The number of methoxy groups -OCH3 is 1. The molecule has 0 aliphatic heterocycles. The molecule has 0 aromatic heterocycles. The number of hydrogen-bond acceptors (Lipinski definition) is 1. The van der Waals surface area contributed by atoms with Crippen molar-refractivity contribution in [1.29, 1.82) is 0 Å². The Hall–Kier alpha value is -4.33. The molecule has 2 heteroatoms. The Balaban J connectivity index is 1.80. The maximum Gasteiger partial charge on any atom is 0.122 e. The number of rotatable bonds is 6. The van der Waals surface area contributed by atoms with Crippen LogP contribution in [0.1, 0.15) is 27.8 Å². The van der Waals surface area contributed by atoms with Gasteiger partial charge >= 0.3 is 0 Å². The minimum absolute atomic E-state index is 0.800. The maximum absolute atomic E-state index is 8.13. The van der Waals surface area contributed by atoms with Gasteiger partial charge in [0.05, 0.1) is 7.11 Å². The van der Waals surface area contributed by atoms with E-state index in [-0.39, 0.29) is 0 Å². The van der Waals surface area contributed by atoms with Crippen molar-refractivity contribution in [2.75, 3.05) is 7.11 Å². The van der Waals surface area contributed by atoms with Crippen molar-refractivity contribution < 1.29 is 4.74 Å². The molecule has 0 fully saturated rings. The maximum atomic E-state index is 8.13. The topological polar surface area (TPSA) is 9.23 Å². The van der Waals surface area contributed by atoms with E-state index in [1.165, 1.54) is 0 Å². The SMILES string of the molecule is COc1ccc(C2(Cl)C(c3ccccc3)=C(c3ccccc3)C(c3ccccc3)=C2c2ccccc2)cc1. The molecule has 38 heavy (non-hydrogen) atoms. The van der Waals surface area contributed by atoms with Crippen molar-refractivity contribution in [3.05, 3.63) is 173 Å². The Morgan fingerprint density at radius 1 is 0.447 bits per heavy atom. The van der Waals surface area contributed by atoms with Crippen molar-refractivity contribution in [2.24, 2.45) is 0 Å². The fourth-order valence-corrected chi connectivity index (χ4v) is 6.05. The summed E-state index contributed by atoms with van der Waals surface area (Å²) in [6.45, 7) is 0. The van der Waals surface area contributed by atoms with Crippen molar-refractivity contribution in [3.8, 4) is 5.75 Å². The first kappa shape index (κ1) is 24.0. The molecule has 0 bridgehead atoms. The summed E-state index contributed by atoms with van der Waals surface area (Å²) < 4.78 is 5.50. The van der Waals surface area contributed by atoms with E-state index in [1.54, 1.807) is 7.11 Å². The summed E-state index contributed by atoms with van der Waals surface area (Å²) in [6.07, 6.45) is 0. The number of allylic oxidation sites excluding steroid dienone is 4. The minimum Gasteiger partial charge on any atom is -0.497 e. The molecule has 0 saturated carbocycles. The van der Waals surface area contributed by atoms with Crippen LogP contribution >= 0.6 is 11.6 Å². The zero-order valence-electron chi connectivity index (χ0n) is 21.1. The lowest BCUT2D eigenvalue weighted by atomic mass is 9.80. The standard InChI is InChI=1S/C36H27ClO/c1-38-31-24-22-30(23-25-31)36(37)34(28-18-10-4-11-19-28)32(26-14-6-2-7-15-26)33(27-16-8-3-9-17-27)35(36)29-20-12-5-13-21-29/h2-25H,1H3. The van der Waals surface area contributed by atoms with Gasteiger partial charge in [0.1, 0.15) is 10.6 Å². The lowest BCUT2D eigenvalue weighted by Crippen LogP contribution is -2.21. The van der Waals surface area contributed by atoms with Crippen molar-refractivity contribution in [1.82, 2.24) is 0 Å². The van der Waals surface area contributed by atoms with Gasteiger partial charge in [0, 0.05) is 0 Å². The van der Waals surface area contributed by atoms with Gasteiger partial charge < -0.3 is 4.74 Å². The second-order valence-electron chi connectivity index (χ2n) is 9.35. The van der Waals surface area contributed by atoms with E-state index in [1.807, 2.05) is 24.3 Å². The van der Waals surface area contributed by atoms with Crippen LogP contribution in [0.25, 0.3) is 22.3 Å². The Bertz CT molecular complexity index is 1500. The predicted octanol–water partition coefficient (Wildman–Crippen LogP) is 9.36. The van der Waals surface area contributed by atoms with Crippen LogP contribution in [0.2, 0.25) is 0 Å². The summed E-state index contributed by atoms with van der Waals surface area (Å²) >= 11 is 8.13. The molecule has 0 radical (unpaired) electrons. The second kappa shape index (κ2) is 10.2. The number of alkyl halides is 1. The molecule has 5 aromatic rings. The Morgan fingerprint density at radius 3 is 1.13 bits per heavy atom. The molecule has 0 N–H and O–H groups in total. The number of halogens is 1. The highest BCUT2D eigenvalue weighted by atomic mass is 35.5. The molecular weight excluding hydrogens is 484 g/mol. The molecule has 0 spiro atoms. The molecule has 0 amide bonds. The van der Waals surface area contributed by atoms with Crippen LogP contribution < -0.4 is 4.74 Å². The van der Waals surface area contributed by atoms with E-state index in [4.69, 9.17) is 16.3 Å². The zero-order chi connectivity index (χ0) is 26.0. The van der Waals surface area contributed by atoms with E-state index >= 15 is 0 Å². The zero-order valence-corrected chi connectivity index (χ0v) is 21.9. The average molecular weight is 511 g/mol. The first-order chi connectivity index (χ1) is 18.7. The number of ether oxygens (including phenoxy) is 1. The van der Waals surface area contributed by atoms with Crippen molar-refractivity contribution in [3.63, 3.8) is 0 Å². The highest BCUT2D eigenvalue weighted by molar-refractivity contribution is 6.47. The normalized spacial score (nSPS) is 14.6. The molecule has 0 saturated heterocycles. The second-order valence-corrected chi connectivity index (χ2v) is 9.92. The van der Waals surface area contributed by atoms with Gasteiger partial charge in [-0.1, -0.05) is 133 Å². The van der Waals surface area contributed by atoms with E-state index < -0.39 is 4.87 Å². The summed E-state index contributed by atoms with van der Waals surface area (Å²) in [5.74, 6) is 0.800. The molecule has 0 unspecified atom stereocenters. The van der Waals surface area contributed by atoms with Crippen LogP contribution in [-0.4, -0.2) is 7.11 Å². The van der Waals surface area contributed by atoms with Crippen LogP contribution in [-0.2, 0) is 4.87 Å². The Labute approximate surface area is 229 Å². The number of benzene rings is 5. The Kier molecular flexibility index (Phi) is 6.45. The van der Waals surface area contributed by atoms with Crippen LogP contribution in [0, 0.1) is 0 Å². The van der Waals surface area contributed by atoms with Gasteiger partial charge in [-0.15, -0.1) is 11.6 Å². The summed E-state index contributed by atoms with van der Waals surface area (Å²) in [6, 6.07) is 50.5. The molecular formula is C36H27ClO. The largest absolute Gasteiger partial charge is 0.497 e. The van der Waals surface area contributed by atoms with Gasteiger partial charge in [0.25, 0.3) is 0 Å². The Morgan fingerprint density at radius 2 is 0.789 bits per heavy atom. The minimum atomic E-state index is -0.953. The molecule has 184 valence electrons. The third-order valence-electron chi connectivity index (χ3n) is 7.18. The third-order valence-corrected chi connectivity index (χ3v) is 7.77. The van der Waals surface area contributed by atoms with Crippen LogP contribution in [0.4, 0.5) is 0 Å². The smallest absolute Gasteiger partial charge is 0.122 e. The van der Waals surface area contributed by atoms with Crippen LogP contribution in [0.3, 0.4) is 0 Å². The molecule has 1 aliphatic rings. The van der Waals surface area contributed by atoms with Gasteiger partial charge in [0.2, 0.25) is 0 Å². The van der Waals surface area contributed by atoms with Gasteiger partial charge in [-0.3, -0.25) is 0 Å². The molecule has 5 aromatic carbocycles. The molecule has 6 rings (SSSR count). The van der Waals surface area contributed by atoms with Gasteiger partial charge in [0.15, 0.2) is 0 Å². The van der Waals surface area contributed by atoms with E-state index in [2.05, 4.69) is 121 Å². The first-order valence-electron chi connectivity index (χ1n) is 12.8. The third kappa shape index (κ3) is 4.06.